The van der Waals surface area contributed by atoms with Crippen LogP contribution in [0.5, 0.6) is 0 Å². The van der Waals surface area contributed by atoms with Crippen molar-refractivity contribution < 1.29 is 0 Å². The van der Waals surface area contributed by atoms with E-state index in [1.807, 2.05) is 0 Å². The van der Waals surface area contributed by atoms with Gasteiger partial charge in [0.25, 0.3) is 0 Å². The number of hydrogen-bond acceptors (Lipinski definition) is 2. The van der Waals surface area contributed by atoms with Gasteiger partial charge in [-0.25, -0.2) is 0 Å². The maximum atomic E-state index is 6.00. The monoisotopic (exact) mass is 194 g/mol. The van der Waals surface area contributed by atoms with Crippen molar-refractivity contribution in [1.82, 2.24) is 0 Å². The first kappa shape index (κ1) is 8.11. The SMILES string of the molecule is N[C@H]1CC2C(C[C@@H]1N)C2(Cl)Cl. The molecule has 0 spiro atoms. The maximum Gasteiger partial charge on any atom is 0.124 e. The lowest BCUT2D eigenvalue weighted by Crippen LogP contribution is -2.44. The molecule has 2 fully saturated rings. The van der Waals surface area contributed by atoms with E-state index < -0.39 is 4.33 Å². The van der Waals surface area contributed by atoms with Crippen LogP contribution in [0.2, 0.25) is 0 Å². The quantitative estimate of drug-likeness (QED) is 0.563. The number of alkyl halides is 2. The lowest BCUT2D eigenvalue weighted by atomic mass is 9.92. The molecule has 0 saturated heterocycles. The van der Waals surface area contributed by atoms with Crippen LogP contribution in [0.25, 0.3) is 0 Å². The summed E-state index contributed by atoms with van der Waals surface area (Å²) in [4.78, 5) is 0. The third-order valence-corrected chi connectivity index (χ3v) is 4.09. The molecule has 0 aromatic carbocycles. The van der Waals surface area contributed by atoms with Gasteiger partial charge < -0.3 is 11.5 Å². The Hall–Kier alpha value is 0.500. The van der Waals surface area contributed by atoms with Gasteiger partial charge in [-0.3, -0.25) is 0 Å². The van der Waals surface area contributed by atoms with Crippen LogP contribution in [-0.2, 0) is 0 Å². The van der Waals surface area contributed by atoms with E-state index in [0.717, 1.165) is 12.8 Å². The van der Waals surface area contributed by atoms with Crippen LogP contribution in [0, 0.1) is 11.8 Å². The summed E-state index contributed by atoms with van der Waals surface area (Å²) in [5.74, 6) is 0.807. The van der Waals surface area contributed by atoms with E-state index in [4.69, 9.17) is 34.7 Å². The third-order valence-electron chi connectivity index (χ3n) is 2.97. The van der Waals surface area contributed by atoms with Crippen molar-refractivity contribution in [2.75, 3.05) is 0 Å². The average molecular weight is 195 g/mol. The van der Waals surface area contributed by atoms with E-state index in [2.05, 4.69) is 0 Å². The second-order valence-electron chi connectivity index (χ2n) is 3.69. The smallest absolute Gasteiger partial charge is 0.124 e. The summed E-state index contributed by atoms with van der Waals surface area (Å²) in [7, 11) is 0. The summed E-state index contributed by atoms with van der Waals surface area (Å²) < 4.78 is -0.508. The van der Waals surface area contributed by atoms with Crippen molar-refractivity contribution >= 4 is 23.2 Å². The normalized spacial score (nSPS) is 53.5. The Labute approximate surface area is 76.2 Å². The predicted octanol–water partition coefficient (Wildman–Crippen LogP) is 0.855. The van der Waals surface area contributed by atoms with E-state index in [-0.39, 0.29) is 12.1 Å². The largest absolute Gasteiger partial charge is 0.326 e. The van der Waals surface area contributed by atoms with Crippen LogP contribution in [0.3, 0.4) is 0 Å². The van der Waals surface area contributed by atoms with Gasteiger partial charge in [-0.1, -0.05) is 0 Å². The van der Waals surface area contributed by atoms with Crippen molar-refractivity contribution in [3.63, 3.8) is 0 Å². The van der Waals surface area contributed by atoms with Crippen LogP contribution in [0.4, 0.5) is 0 Å². The molecule has 0 amide bonds. The Balaban J connectivity index is 2.07. The van der Waals surface area contributed by atoms with Crippen molar-refractivity contribution in [1.29, 1.82) is 0 Å². The Morgan fingerprint density at radius 1 is 1.00 bits per heavy atom. The Kier molecular flexibility index (Phi) is 1.66. The summed E-state index contributed by atoms with van der Waals surface area (Å²) >= 11 is 12.0. The van der Waals surface area contributed by atoms with Gasteiger partial charge in [0.15, 0.2) is 0 Å². The Morgan fingerprint density at radius 2 is 1.36 bits per heavy atom. The zero-order chi connectivity index (χ0) is 8.22. The fraction of sp³-hybridized carbons (Fsp3) is 1.00. The van der Waals surface area contributed by atoms with Gasteiger partial charge >= 0.3 is 0 Å². The zero-order valence-electron chi connectivity index (χ0n) is 6.13. The van der Waals surface area contributed by atoms with Crippen molar-refractivity contribution in [3.8, 4) is 0 Å². The highest BCUT2D eigenvalue weighted by atomic mass is 35.5. The van der Waals surface area contributed by atoms with Gasteiger partial charge in [-0.2, -0.15) is 0 Å². The van der Waals surface area contributed by atoms with E-state index >= 15 is 0 Å². The van der Waals surface area contributed by atoms with Crippen molar-refractivity contribution in [2.45, 2.75) is 29.3 Å². The molecule has 2 nitrogen and oxygen atoms in total. The zero-order valence-corrected chi connectivity index (χ0v) is 7.65. The standard InChI is InChI=1S/C7H12Cl2N2/c8-7(9)3-1-5(10)6(11)2-4(3)7/h3-6H,1-2,10-11H2/t3?,4?,5-,6-/m0/s1. The summed E-state index contributed by atoms with van der Waals surface area (Å²) in [6.45, 7) is 0. The highest BCUT2D eigenvalue weighted by Crippen LogP contribution is 2.64. The molecule has 0 bridgehead atoms. The first-order valence-corrected chi connectivity index (χ1v) is 4.68. The van der Waals surface area contributed by atoms with Crippen LogP contribution < -0.4 is 11.5 Å². The Morgan fingerprint density at radius 3 is 1.73 bits per heavy atom. The van der Waals surface area contributed by atoms with Crippen molar-refractivity contribution in [2.24, 2.45) is 23.3 Å². The van der Waals surface area contributed by atoms with Crippen molar-refractivity contribution in [3.05, 3.63) is 0 Å². The molecule has 2 saturated carbocycles. The molecule has 0 aromatic heterocycles. The van der Waals surface area contributed by atoms with E-state index in [1.54, 1.807) is 0 Å². The molecule has 0 aliphatic heterocycles. The van der Waals surface area contributed by atoms with Gasteiger partial charge in [0.2, 0.25) is 0 Å². The summed E-state index contributed by atoms with van der Waals surface area (Å²) in [6.07, 6.45) is 1.78. The molecular formula is C7H12Cl2N2. The molecule has 0 aromatic rings. The highest BCUT2D eigenvalue weighted by molar-refractivity contribution is 6.51. The molecule has 11 heavy (non-hydrogen) atoms. The van der Waals surface area contributed by atoms with Gasteiger partial charge in [0.05, 0.1) is 0 Å². The fourth-order valence-electron chi connectivity index (χ4n) is 2.04. The van der Waals surface area contributed by atoms with Gasteiger partial charge in [-0.15, -0.1) is 23.2 Å². The minimum Gasteiger partial charge on any atom is -0.326 e. The molecular weight excluding hydrogens is 183 g/mol. The lowest BCUT2D eigenvalue weighted by molar-refractivity contribution is 0.369. The van der Waals surface area contributed by atoms with Gasteiger partial charge in [0, 0.05) is 12.1 Å². The summed E-state index contributed by atoms with van der Waals surface area (Å²) in [6, 6.07) is 0.186. The molecule has 4 atom stereocenters. The molecule has 2 aliphatic rings. The molecule has 0 radical (unpaired) electrons. The third kappa shape index (κ3) is 1.08. The topological polar surface area (TPSA) is 52.0 Å². The number of hydrogen-bond donors (Lipinski definition) is 2. The second-order valence-corrected chi connectivity index (χ2v) is 5.13. The number of halogens is 2. The van der Waals surface area contributed by atoms with Gasteiger partial charge in [0.1, 0.15) is 4.33 Å². The van der Waals surface area contributed by atoms with Crippen LogP contribution in [0.15, 0.2) is 0 Å². The van der Waals surface area contributed by atoms with Crippen LogP contribution >= 0.6 is 23.2 Å². The molecule has 64 valence electrons. The summed E-state index contributed by atoms with van der Waals surface area (Å²) in [5, 5.41) is 0. The molecule has 2 rings (SSSR count). The summed E-state index contributed by atoms with van der Waals surface area (Å²) in [5.41, 5.74) is 11.5. The lowest BCUT2D eigenvalue weighted by Gasteiger charge is -2.23. The minimum atomic E-state index is -0.508. The van der Waals surface area contributed by atoms with Crippen LogP contribution in [0.1, 0.15) is 12.8 Å². The Bertz CT molecular complexity index is 165. The number of fused-ring (bicyclic) bond motifs is 1. The molecule has 4 N–H and O–H groups in total. The minimum absolute atomic E-state index is 0.0932. The van der Waals surface area contributed by atoms with Crippen LogP contribution in [-0.4, -0.2) is 16.4 Å². The molecule has 2 unspecified atom stereocenters. The molecule has 4 heteroatoms. The second kappa shape index (κ2) is 2.25. The van der Waals surface area contributed by atoms with E-state index in [1.165, 1.54) is 0 Å². The first-order valence-electron chi connectivity index (χ1n) is 3.92. The molecule has 0 heterocycles. The number of nitrogens with two attached hydrogens (primary N) is 2. The first-order chi connectivity index (χ1) is 5.03. The highest BCUT2D eigenvalue weighted by Gasteiger charge is 2.65. The van der Waals surface area contributed by atoms with E-state index in [0.29, 0.717) is 11.8 Å². The maximum absolute atomic E-state index is 6.00. The fourth-order valence-corrected chi connectivity index (χ4v) is 2.88. The number of rotatable bonds is 0. The van der Waals surface area contributed by atoms with Gasteiger partial charge in [-0.05, 0) is 24.7 Å². The predicted molar refractivity (Wildman–Crippen MR) is 46.6 cm³/mol. The van der Waals surface area contributed by atoms with E-state index in [9.17, 15) is 0 Å². The molecule has 2 aliphatic carbocycles. The average Bonchev–Trinajstić information content (AvgIpc) is 2.39.